The first kappa shape index (κ1) is 25.5. The molecule has 0 spiro atoms. The topological polar surface area (TPSA) is 80.6 Å². The van der Waals surface area contributed by atoms with E-state index in [1.54, 1.807) is 0 Å². The molecule has 3 aromatic rings. The minimum absolute atomic E-state index is 0.0147. The van der Waals surface area contributed by atoms with Crippen LogP contribution < -0.4 is 15.6 Å². The van der Waals surface area contributed by atoms with Gasteiger partial charge in [-0.1, -0.05) is 19.4 Å². The monoisotopic (exact) mass is 482 g/mol. The number of carbonyl (C=O) groups is 1. The summed E-state index contributed by atoms with van der Waals surface area (Å²) in [5.41, 5.74) is -3.65. The number of unbranched alkanes of at least 4 members (excludes halogenated alkanes) is 1. The second-order valence-electron chi connectivity index (χ2n) is 8.27. The highest BCUT2D eigenvalue weighted by Gasteiger charge is 2.51. The highest BCUT2D eigenvalue weighted by atomic mass is 19.4. The Morgan fingerprint density at radius 3 is 2.47 bits per heavy atom. The Hall–Kier alpha value is -3.14. The van der Waals surface area contributed by atoms with Gasteiger partial charge in [0.05, 0.1) is 17.4 Å². The first-order valence-electron chi connectivity index (χ1n) is 10.8. The van der Waals surface area contributed by atoms with Crippen LogP contribution in [-0.2, 0) is 16.9 Å². The van der Waals surface area contributed by atoms with Crippen molar-refractivity contribution >= 4 is 27.6 Å². The maximum atomic E-state index is 14.7. The summed E-state index contributed by atoms with van der Waals surface area (Å²) in [6.07, 6.45) is -3.53. The van der Waals surface area contributed by atoms with E-state index in [0.29, 0.717) is 25.4 Å². The van der Waals surface area contributed by atoms with Crippen molar-refractivity contribution in [1.82, 2.24) is 9.88 Å². The van der Waals surface area contributed by atoms with E-state index in [2.05, 4.69) is 5.32 Å². The number of pyridine rings is 1. The zero-order valence-electron chi connectivity index (χ0n) is 19.1. The van der Waals surface area contributed by atoms with Gasteiger partial charge in [-0.2, -0.15) is 13.2 Å². The van der Waals surface area contributed by atoms with Crippen LogP contribution in [-0.4, -0.2) is 34.9 Å². The highest BCUT2D eigenvalue weighted by molar-refractivity contribution is 6.06. The summed E-state index contributed by atoms with van der Waals surface area (Å²) >= 11 is 0. The van der Waals surface area contributed by atoms with Gasteiger partial charge in [-0.3, -0.25) is 9.59 Å². The Kier molecular flexibility index (Phi) is 7.21. The van der Waals surface area contributed by atoms with Crippen LogP contribution in [0.15, 0.2) is 35.1 Å². The minimum Gasteiger partial charge on any atom is -0.489 e. The number of aliphatic hydroxyl groups is 1. The van der Waals surface area contributed by atoms with Crippen LogP contribution in [0.1, 0.15) is 39.2 Å². The first-order chi connectivity index (χ1) is 15.9. The van der Waals surface area contributed by atoms with Gasteiger partial charge in [-0.15, -0.1) is 0 Å². The second kappa shape index (κ2) is 9.61. The van der Waals surface area contributed by atoms with Crippen molar-refractivity contribution in [2.45, 2.75) is 51.9 Å². The van der Waals surface area contributed by atoms with E-state index in [4.69, 9.17) is 4.74 Å². The molecular weight excluding hydrogens is 456 g/mol. The van der Waals surface area contributed by atoms with Crippen LogP contribution in [0.3, 0.4) is 0 Å². The van der Waals surface area contributed by atoms with Crippen molar-refractivity contribution in [2.75, 3.05) is 13.2 Å². The van der Waals surface area contributed by atoms with Gasteiger partial charge in [0.25, 0.3) is 5.56 Å². The quantitative estimate of drug-likeness (QED) is 0.284. The molecule has 1 heterocycles. The molecule has 1 atom stereocenters. The highest BCUT2D eigenvalue weighted by Crippen LogP contribution is 2.40. The van der Waals surface area contributed by atoms with Crippen LogP contribution in [0.5, 0.6) is 5.75 Å². The van der Waals surface area contributed by atoms with Gasteiger partial charge in [0.1, 0.15) is 6.61 Å². The molecule has 10 heteroatoms. The molecule has 0 aliphatic rings. The standard InChI is InChI=1S/C24H26F4N2O4/c1-4-5-9-30-20-7-6-15(23(3,33)24(26,27)28)11-17(20)16-13-21(34-10-8-29-14(2)31)19(25)12-18(16)22(30)32/h6-7,11-13,33H,4-5,8-10H2,1-3H3,(H,29,31). The molecule has 1 amide bonds. The summed E-state index contributed by atoms with van der Waals surface area (Å²) in [4.78, 5) is 24.2. The number of halogens is 4. The lowest BCUT2D eigenvalue weighted by Crippen LogP contribution is -2.39. The van der Waals surface area contributed by atoms with E-state index >= 15 is 0 Å². The zero-order valence-corrected chi connectivity index (χ0v) is 19.1. The summed E-state index contributed by atoms with van der Waals surface area (Å²) in [6, 6.07) is 5.94. The van der Waals surface area contributed by atoms with E-state index in [1.165, 1.54) is 29.7 Å². The summed E-state index contributed by atoms with van der Waals surface area (Å²) < 4.78 is 62.0. The number of fused-ring (bicyclic) bond motifs is 3. The predicted molar refractivity (Wildman–Crippen MR) is 120 cm³/mol. The van der Waals surface area contributed by atoms with Gasteiger partial charge in [-0.05, 0) is 43.2 Å². The zero-order chi connectivity index (χ0) is 25.3. The van der Waals surface area contributed by atoms with Crippen LogP contribution in [0, 0.1) is 5.82 Å². The van der Waals surface area contributed by atoms with Crippen LogP contribution in [0.4, 0.5) is 17.6 Å². The van der Waals surface area contributed by atoms with Crippen molar-refractivity contribution in [3.05, 3.63) is 52.1 Å². The molecule has 0 bridgehead atoms. The summed E-state index contributed by atoms with van der Waals surface area (Å²) in [6.45, 7) is 4.26. The van der Waals surface area contributed by atoms with Gasteiger partial charge < -0.3 is 19.7 Å². The molecule has 1 unspecified atom stereocenters. The number of aromatic nitrogens is 1. The molecule has 0 saturated heterocycles. The molecular formula is C24H26F4N2O4. The molecule has 3 rings (SSSR count). The summed E-state index contributed by atoms with van der Waals surface area (Å²) in [7, 11) is 0. The van der Waals surface area contributed by atoms with Gasteiger partial charge >= 0.3 is 6.18 Å². The van der Waals surface area contributed by atoms with Crippen molar-refractivity contribution in [1.29, 1.82) is 0 Å². The van der Waals surface area contributed by atoms with Crippen molar-refractivity contribution in [2.24, 2.45) is 0 Å². The SMILES string of the molecule is CCCCn1c(=O)c2cc(F)c(OCCNC(C)=O)cc2c2cc(C(C)(O)C(F)(F)F)ccc21. The molecule has 0 radical (unpaired) electrons. The van der Waals surface area contributed by atoms with Crippen LogP contribution >= 0.6 is 0 Å². The molecule has 2 N–H and O–H groups in total. The number of nitrogens with one attached hydrogen (secondary N) is 1. The average Bonchev–Trinajstić information content (AvgIpc) is 2.76. The van der Waals surface area contributed by atoms with Crippen molar-refractivity contribution in [3.8, 4) is 5.75 Å². The smallest absolute Gasteiger partial charge is 0.421 e. The van der Waals surface area contributed by atoms with E-state index < -0.39 is 28.7 Å². The summed E-state index contributed by atoms with van der Waals surface area (Å²) in [5, 5.41) is 13.1. The summed E-state index contributed by atoms with van der Waals surface area (Å²) in [5.74, 6) is -1.31. The first-order valence-corrected chi connectivity index (χ1v) is 10.8. The van der Waals surface area contributed by atoms with E-state index in [-0.39, 0.29) is 41.0 Å². The fourth-order valence-corrected chi connectivity index (χ4v) is 3.70. The Morgan fingerprint density at radius 1 is 1.15 bits per heavy atom. The third kappa shape index (κ3) is 4.86. The molecule has 184 valence electrons. The molecule has 6 nitrogen and oxygen atoms in total. The number of ether oxygens (including phenoxy) is 1. The molecule has 0 saturated carbocycles. The number of benzene rings is 2. The van der Waals surface area contributed by atoms with E-state index in [0.717, 1.165) is 18.6 Å². The average molecular weight is 482 g/mol. The van der Waals surface area contributed by atoms with Gasteiger partial charge in [0, 0.05) is 24.2 Å². The Morgan fingerprint density at radius 2 is 1.85 bits per heavy atom. The Bertz CT molecular complexity index is 1280. The lowest BCUT2D eigenvalue weighted by Gasteiger charge is -2.27. The lowest BCUT2D eigenvalue weighted by molar-refractivity contribution is -0.258. The number of rotatable bonds is 8. The number of aryl methyl sites for hydroxylation is 1. The number of nitrogens with zero attached hydrogens (tertiary/aromatic N) is 1. The van der Waals surface area contributed by atoms with Crippen molar-refractivity contribution in [3.63, 3.8) is 0 Å². The Labute approximate surface area is 193 Å². The second-order valence-corrected chi connectivity index (χ2v) is 8.27. The minimum atomic E-state index is -4.93. The van der Waals surface area contributed by atoms with Crippen LogP contribution in [0.25, 0.3) is 21.7 Å². The largest absolute Gasteiger partial charge is 0.489 e. The lowest BCUT2D eigenvalue weighted by atomic mass is 9.92. The maximum absolute atomic E-state index is 14.7. The van der Waals surface area contributed by atoms with E-state index in [1.807, 2.05) is 6.92 Å². The van der Waals surface area contributed by atoms with Crippen LogP contribution in [0.2, 0.25) is 0 Å². The Balaban J connectivity index is 2.25. The number of carbonyl (C=O) groups excluding carboxylic acids is 1. The fraction of sp³-hybridized carbons (Fsp3) is 0.417. The fourth-order valence-electron chi connectivity index (χ4n) is 3.70. The molecule has 0 fully saturated rings. The van der Waals surface area contributed by atoms with Gasteiger partial charge in [0.15, 0.2) is 17.2 Å². The molecule has 1 aromatic heterocycles. The number of alkyl halides is 3. The third-order valence-corrected chi connectivity index (χ3v) is 5.71. The van der Waals surface area contributed by atoms with Crippen molar-refractivity contribution < 1.29 is 32.2 Å². The molecule has 0 aliphatic heterocycles. The van der Waals surface area contributed by atoms with Gasteiger partial charge in [-0.25, -0.2) is 4.39 Å². The van der Waals surface area contributed by atoms with Gasteiger partial charge in [0.2, 0.25) is 5.91 Å². The normalized spacial score (nSPS) is 13.8. The molecule has 2 aromatic carbocycles. The number of hydrogen-bond donors (Lipinski definition) is 2. The third-order valence-electron chi connectivity index (χ3n) is 5.71. The molecule has 34 heavy (non-hydrogen) atoms. The number of amides is 1. The number of hydrogen-bond acceptors (Lipinski definition) is 4. The molecule has 0 aliphatic carbocycles. The predicted octanol–water partition coefficient (Wildman–Crippen LogP) is 4.38. The maximum Gasteiger partial charge on any atom is 0.421 e. The van der Waals surface area contributed by atoms with E-state index in [9.17, 15) is 32.3 Å².